The average molecular weight is 346 g/mol. The molecule has 0 radical (unpaired) electrons. The topological polar surface area (TPSA) is 26.3 Å². The van der Waals surface area contributed by atoms with Gasteiger partial charge < -0.3 is 4.74 Å². The number of hydrogen-bond acceptors (Lipinski definition) is 3. The predicted molar refractivity (Wildman–Crippen MR) is 99.1 cm³/mol. The number of thiophene rings is 1. The number of allylic oxidation sites excluding steroid dienone is 1. The van der Waals surface area contributed by atoms with E-state index in [0.717, 1.165) is 26.5 Å². The fraction of sp³-hybridized carbons (Fsp3) is 0.350. The second kappa shape index (κ2) is 7.75. The van der Waals surface area contributed by atoms with Gasteiger partial charge >= 0.3 is 5.97 Å². The van der Waals surface area contributed by atoms with E-state index in [4.69, 9.17) is 4.74 Å². The van der Waals surface area contributed by atoms with Gasteiger partial charge in [-0.15, -0.1) is 11.3 Å². The number of carbonyl (C=O) groups excluding carboxylic acids is 1. The molecule has 24 heavy (non-hydrogen) atoms. The Morgan fingerprint density at radius 2 is 1.88 bits per heavy atom. The van der Waals surface area contributed by atoms with Crippen molar-refractivity contribution < 1.29 is 13.9 Å². The van der Waals surface area contributed by atoms with Crippen LogP contribution >= 0.6 is 11.3 Å². The fourth-order valence-electron chi connectivity index (χ4n) is 2.55. The molecule has 0 bridgehead atoms. The largest absolute Gasteiger partial charge is 0.462 e. The SMILES string of the molecule is CCOC(=O)c1c(C(C)C)sc(C=C(C)C)c1-c1ccc(F)cc1. The molecule has 0 fully saturated rings. The molecule has 2 rings (SSSR count). The van der Waals surface area contributed by atoms with Crippen molar-refractivity contribution in [1.29, 1.82) is 0 Å². The Hall–Kier alpha value is -1.94. The summed E-state index contributed by atoms with van der Waals surface area (Å²) in [5.41, 5.74) is 3.42. The summed E-state index contributed by atoms with van der Waals surface area (Å²) in [7, 11) is 0. The van der Waals surface area contributed by atoms with Crippen molar-refractivity contribution in [2.75, 3.05) is 6.61 Å². The Balaban J connectivity index is 2.77. The number of ether oxygens (including phenoxy) is 1. The molecular weight excluding hydrogens is 323 g/mol. The van der Waals surface area contributed by atoms with E-state index in [1.165, 1.54) is 12.1 Å². The van der Waals surface area contributed by atoms with Gasteiger partial charge in [-0.1, -0.05) is 31.6 Å². The lowest BCUT2D eigenvalue weighted by atomic mass is 9.96. The highest BCUT2D eigenvalue weighted by atomic mass is 32.1. The first-order valence-electron chi connectivity index (χ1n) is 8.09. The van der Waals surface area contributed by atoms with Crippen LogP contribution in [0.3, 0.4) is 0 Å². The van der Waals surface area contributed by atoms with Crippen molar-refractivity contribution >= 4 is 23.4 Å². The van der Waals surface area contributed by atoms with Gasteiger partial charge in [0.05, 0.1) is 12.2 Å². The van der Waals surface area contributed by atoms with Gasteiger partial charge in [-0.2, -0.15) is 0 Å². The van der Waals surface area contributed by atoms with Gasteiger partial charge in [-0.25, -0.2) is 9.18 Å². The first-order chi connectivity index (χ1) is 11.3. The zero-order valence-electron chi connectivity index (χ0n) is 14.8. The van der Waals surface area contributed by atoms with Crippen LogP contribution in [-0.4, -0.2) is 12.6 Å². The van der Waals surface area contributed by atoms with Crippen molar-refractivity contribution in [2.45, 2.75) is 40.5 Å². The van der Waals surface area contributed by atoms with Crippen molar-refractivity contribution in [3.8, 4) is 11.1 Å². The van der Waals surface area contributed by atoms with E-state index in [1.807, 2.05) is 13.8 Å². The van der Waals surface area contributed by atoms with E-state index < -0.39 is 0 Å². The van der Waals surface area contributed by atoms with E-state index >= 15 is 0 Å². The van der Waals surface area contributed by atoms with Gasteiger partial charge in [0.1, 0.15) is 5.82 Å². The molecule has 0 spiro atoms. The van der Waals surface area contributed by atoms with E-state index in [-0.39, 0.29) is 17.7 Å². The van der Waals surface area contributed by atoms with Crippen molar-refractivity contribution in [2.24, 2.45) is 0 Å². The van der Waals surface area contributed by atoms with Crippen LogP contribution in [-0.2, 0) is 4.74 Å². The second-order valence-corrected chi connectivity index (χ2v) is 7.27. The predicted octanol–water partition coefficient (Wildman–Crippen LogP) is 6.28. The summed E-state index contributed by atoms with van der Waals surface area (Å²) in [5, 5.41) is 0. The zero-order valence-corrected chi connectivity index (χ0v) is 15.6. The highest BCUT2D eigenvalue weighted by Crippen LogP contribution is 2.42. The smallest absolute Gasteiger partial charge is 0.339 e. The molecule has 2 nitrogen and oxygen atoms in total. The van der Waals surface area contributed by atoms with Gasteiger partial charge in [-0.05, 0) is 50.5 Å². The lowest BCUT2D eigenvalue weighted by Gasteiger charge is -2.10. The van der Waals surface area contributed by atoms with Gasteiger partial charge in [0.25, 0.3) is 0 Å². The maximum atomic E-state index is 13.3. The number of carbonyl (C=O) groups is 1. The van der Waals surface area contributed by atoms with Gasteiger partial charge in [0, 0.05) is 15.3 Å². The summed E-state index contributed by atoms with van der Waals surface area (Å²) >= 11 is 1.60. The third kappa shape index (κ3) is 3.93. The summed E-state index contributed by atoms with van der Waals surface area (Å²) in [4.78, 5) is 14.6. The summed E-state index contributed by atoms with van der Waals surface area (Å²) < 4.78 is 18.6. The highest BCUT2D eigenvalue weighted by Gasteiger charge is 2.26. The maximum Gasteiger partial charge on any atom is 0.339 e. The zero-order chi connectivity index (χ0) is 17.9. The van der Waals surface area contributed by atoms with E-state index in [0.29, 0.717) is 12.2 Å². The monoisotopic (exact) mass is 346 g/mol. The molecule has 1 heterocycles. The van der Waals surface area contributed by atoms with Gasteiger partial charge in [0.15, 0.2) is 0 Å². The van der Waals surface area contributed by atoms with Crippen LogP contribution in [0.5, 0.6) is 0 Å². The minimum atomic E-state index is -0.315. The molecule has 2 aromatic rings. The van der Waals surface area contributed by atoms with Crippen LogP contribution in [0, 0.1) is 5.82 Å². The molecule has 0 aliphatic carbocycles. The Morgan fingerprint density at radius 3 is 2.38 bits per heavy atom. The molecule has 0 saturated heterocycles. The molecule has 4 heteroatoms. The van der Waals surface area contributed by atoms with Crippen LogP contribution in [0.4, 0.5) is 4.39 Å². The number of esters is 1. The Morgan fingerprint density at radius 1 is 1.25 bits per heavy atom. The van der Waals surface area contributed by atoms with E-state index in [9.17, 15) is 9.18 Å². The molecule has 0 saturated carbocycles. The molecule has 1 aromatic carbocycles. The summed E-state index contributed by atoms with van der Waals surface area (Å²) in [6.07, 6.45) is 2.07. The lowest BCUT2D eigenvalue weighted by molar-refractivity contribution is 0.0526. The Labute approximate surface area is 147 Å². The summed E-state index contributed by atoms with van der Waals surface area (Å²) in [6, 6.07) is 6.27. The minimum absolute atomic E-state index is 0.202. The maximum absolute atomic E-state index is 13.3. The second-order valence-electron chi connectivity index (χ2n) is 6.18. The third-order valence-electron chi connectivity index (χ3n) is 3.52. The molecule has 0 atom stereocenters. The molecule has 0 unspecified atom stereocenters. The summed E-state index contributed by atoms with van der Waals surface area (Å²) in [6.45, 7) is 10.3. The van der Waals surface area contributed by atoms with E-state index in [2.05, 4.69) is 19.9 Å². The number of halogens is 1. The van der Waals surface area contributed by atoms with E-state index in [1.54, 1.807) is 30.4 Å². The molecular formula is C20H23FO2S. The third-order valence-corrected chi connectivity index (χ3v) is 4.96. The lowest BCUT2D eigenvalue weighted by Crippen LogP contribution is -2.08. The van der Waals surface area contributed by atoms with Crippen LogP contribution in [0.1, 0.15) is 60.6 Å². The molecule has 0 aliphatic rings. The standard InChI is InChI=1S/C20H23FO2S/c1-6-23-20(22)18-17(14-7-9-15(21)10-8-14)16(11-12(2)3)24-19(18)13(4)5/h7-11,13H,6H2,1-5H3. The van der Waals surface area contributed by atoms with Crippen LogP contribution < -0.4 is 0 Å². The quantitative estimate of drug-likeness (QED) is 0.596. The number of benzene rings is 1. The molecule has 128 valence electrons. The van der Waals surface area contributed by atoms with Gasteiger partial charge in [-0.3, -0.25) is 0 Å². The van der Waals surface area contributed by atoms with Crippen LogP contribution in [0.25, 0.3) is 17.2 Å². The van der Waals surface area contributed by atoms with Crippen molar-refractivity contribution in [3.05, 3.63) is 51.0 Å². The van der Waals surface area contributed by atoms with Crippen molar-refractivity contribution in [1.82, 2.24) is 0 Å². The molecule has 0 amide bonds. The molecule has 1 aromatic heterocycles. The normalized spacial score (nSPS) is 10.8. The Kier molecular flexibility index (Phi) is 5.94. The number of rotatable bonds is 5. The first-order valence-corrected chi connectivity index (χ1v) is 8.91. The van der Waals surface area contributed by atoms with Gasteiger partial charge in [0.2, 0.25) is 0 Å². The average Bonchev–Trinajstić information content (AvgIpc) is 2.87. The minimum Gasteiger partial charge on any atom is -0.462 e. The molecule has 0 aliphatic heterocycles. The number of hydrogen-bond donors (Lipinski definition) is 0. The first kappa shape index (κ1) is 18.4. The molecule has 0 N–H and O–H groups in total. The Bertz CT molecular complexity index is 751. The van der Waals surface area contributed by atoms with Crippen LogP contribution in [0.15, 0.2) is 29.8 Å². The highest BCUT2D eigenvalue weighted by molar-refractivity contribution is 7.14. The summed E-state index contributed by atoms with van der Waals surface area (Å²) in [5.74, 6) is -0.405. The van der Waals surface area contributed by atoms with Crippen LogP contribution in [0.2, 0.25) is 0 Å². The van der Waals surface area contributed by atoms with Crippen molar-refractivity contribution in [3.63, 3.8) is 0 Å². The fourth-order valence-corrected chi connectivity index (χ4v) is 3.92.